The smallest absolute Gasteiger partial charge is 0.0471 e. The van der Waals surface area contributed by atoms with Crippen molar-refractivity contribution in [3.05, 3.63) is 0 Å². The summed E-state index contributed by atoms with van der Waals surface area (Å²) in [5.41, 5.74) is 0.412. The van der Waals surface area contributed by atoms with Crippen LogP contribution in [0.1, 0.15) is 124 Å². The standard InChI is InChI=1S/C22H46O/c1-5-6-7-8-9-10-11-12-13-14-15-16-17-18-20-23-21-19-22(2,3)4/h5-21H2,1-4H3. The summed E-state index contributed by atoms with van der Waals surface area (Å²) in [5.74, 6) is 0. The SMILES string of the molecule is CCCCCCCCCCCCCCCCOCCC(C)(C)C. The van der Waals surface area contributed by atoms with Crippen LogP contribution in [0.3, 0.4) is 0 Å². The van der Waals surface area contributed by atoms with Gasteiger partial charge in [-0.25, -0.2) is 0 Å². The van der Waals surface area contributed by atoms with Crippen LogP contribution < -0.4 is 0 Å². The molecule has 0 aromatic heterocycles. The summed E-state index contributed by atoms with van der Waals surface area (Å²) in [4.78, 5) is 0. The number of rotatable bonds is 17. The zero-order valence-electron chi connectivity index (χ0n) is 16.9. The molecule has 0 aliphatic heterocycles. The van der Waals surface area contributed by atoms with Gasteiger partial charge in [0.1, 0.15) is 0 Å². The molecule has 0 spiro atoms. The van der Waals surface area contributed by atoms with E-state index in [2.05, 4.69) is 27.7 Å². The van der Waals surface area contributed by atoms with Gasteiger partial charge in [0.25, 0.3) is 0 Å². The fourth-order valence-electron chi connectivity index (χ4n) is 2.88. The zero-order chi connectivity index (χ0) is 17.2. The van der Waals surface area contributed by atoms with Gasteiger partial charge in [0.05, 0.1) is 0 Å². The van der Waals surface area contributed by atoms with E-state index in [9.17, 15) is 0 Å². The molecule has 0 aliphatic rings. The van der Waals surface area contributed by atoms with Crippen LogP contribution in [0.5, 0.6) is 0 Å². The Morgan fingerprint density at radius 2 is 0.913 bits per heavy atom. The van der Waals surface area contributed by atoms with Crippen LogP contribution in [0.15, 0.2) is 0 Å². The fraction of sp³-hybridized carbons (Fsp3) is 1.00. The van der Waals surface area contributed by atoms with Crippen LogP contribution in [0.4, 0.5) is 0 Å². The van der Waals surface area contributed by atoms with Gasteiger partial charge >= 0.3 is 0 Å². The molecule has 1 nitrogen and oxygen atoms in total. The summed E-state index contributed by atoms with van der Waals surface area (Å²) in [6.07, 6.45) is 21.1. The normalized spacial score (nSPS) is 12.0. The van der Waals surface area contributed by atoms with Gasteiger partial charge in [-0.15, -0.1) is 0 Å². The quantitative estimate of drug-likeness (QED) is 0.247. The second kappa shape index (κ2) is 16.8. The van der Waals surface area contributed by atoms with Crippen LogP contribution in [0, 0.1) is 5.41 Å². The lowest BCUT2D eigenvalue weighted by atomic mass is 9.93. The van der Waals surface area contributed by atoms with Gasteiger partial charge in [-0.1, -0.05) is 111 Å². The summed E-state index contributed by atoms with van der Waals surface area (Å²) in [7, 11) is 0. The molecule has 0 aromatic carbocycles. The van der Waals surface area contributed by atoms with Gasteiger partial charge in [-0.3, -0.25) is 0 Å². The van der Waals surface area contributed by atoms with E-state index in [1.165, 1.54) is 96.3 Å². The zero-order valence-corrected chi connectivity index (χ0v) is 16.9. The molecule has 0 saturated carbocycles. The third kappa shape index (κ3) is 22.0. The first-order valence-corrected chi connectivity index (χ1v) is 10.6. The lowest BCUT2D eigenvalue weighted by Gasteiger charge is -2.17. The van der Waals surface area contributed by atoms with Crippen molar-refractivity contribution in [2.45, 2.75) is 124 Å². The molecular weight excluding hydrogens is 280 g/mol. The highest BCUT2D eigenvalue weighted by atomic mass is 16.5. The minimum absolute atomic E-state index is 0.412. The molecule has 0 unspecified atom stereocenters. The highest BCUT2D eigenvalue weighted by Crippen LogP contribution is 2.18. The topological polar surface area (TPSA) is 9.23 Å². The van der Waals surface area contributed by atoms with Crippen LogP contribution >= 0.6 is 0 Å². The molecule has 0 N–H and O–H groups in total. The fourth-order valence-corrected chi connectivity index (χ4v) is 2.88. The number of hydrogen-bond acceptors (Lipinski definition) is 1. The number of hydrogen-bond donors (Lipinski definition) is 0. The first-order chi connectivity index (χ1) is 11.1. The molecular formula is C22H46O. The minimum Gasteiger partial charge on any atom is -0.381 e. The predicted molar refractivity (Wildman–Crippen MR) is 105 cm³/mol. The maximum absolute atomic E-state index is 5.72. The second-order valence-corrected chi connectivity index (χ2v) is 8.52. The van der Waals surface area contributed by atoms with Crippen molar-refractivity contribution in [2.75, 3.05) is 13.2 Å². The van der Waals surface area contributed by atoms with Crippen LogP contribution in [0.2, 0.25) is 0 Å². The molecule has 0 saturated heterocycles. The average molecular weight is 327 g/mol. The van der Waals surface area contributed by atoms with E-state index in [1.54, 1.807) is 0 Å². The van der Waals surface area contributed by atoms with Crippen molar-refractivity contribution in [1.82, 2.24) is 0 Å². The van der Waals surface area contributed by atoms with Crippen LogP contribution in [-0.4, -0.2) is 13.2 Å². The lowest BCUT2D eigenvalue weighted by molar-refractivity contribution is 0.105. The molecule has 0 atom stereocenters. The molecule has 140 valence electrons. The lowest BCUT2D eigenvalue weighted by Crippen LogP contribution is -2.09. The average Bonchev–Trinajstić information content (AvgIpc) is 2.49. The molecule has 0 bridgehead atoms. The Morgan fingerprint density at radius 1 is 0.522 bits per heavy atom. The highest BCUT2D eigenvalue weighted by molar-refractivity contribution is 4.59. The third-order valence-electron chi connectivity index (χ3n) is 4.64. The van der Waals surface area contributed by atoms with Gasteiger partial charge in [-0.2, -0.15) is 0 Å². The number of ether oxygens (including phenoxy) is 1. The van der Waals surface area contributed by atoms with Gasteiger partial charge in [0.2, 0.25) is 0 Å². The molecule has 1 heteroatoms. The van der Waals surface area contributed by atoms with Crippen molar-refractivity contribution in [1.29, 1.82) is 0 Å². The molecule has 0 rings (SSSR count). The largest absolute Gasteiger partial charge is 0.381 e. The maximum atomic E-state index is 5.72. The Balaban J connectivity index is 3.00. The summed E-state index contributed by atoms with van der Waals surface area (Å²) in [5, 5.41) is 0. The van der Waals surface area contributed by atoms with E-state index in [4.69, 9.17) is 4.74 Å². The summed E-state index contributed by atoms with van der Waals surface area (Å²) < 4.78 is 5.72. The van der Waals surface area contributed by atoms with Crippen molar-refractivity contribution >= 4 is 0 Å². The van der Waals surface area contributed by atoms with Crippen molar-refractivity contribution in [3.8, 4) is 0 Å². The monoisotopic (exact) mass is 326 g/mol. The Morgan fingerprint density at radius 3 is 1.30 bits per heavy atom. The molecule has 0 radical (unpaired) electrons. The van der Waals surface area contributed by atoms with Crippen molar-refractivity contribution in [2.24, 2.45) is 5.41 Å². The highest BCUT2D eigenvalue weighted by Gasteiger charge is 2.08. The summed E-state index contributed by atoms with van der Waals surface area (Å²) >= 11 is 0. The van der Waals surface area contributed by atoms with Gasteiger partial charge in [-0.05, 0) is 18.3 Å². The van der Waals surface area contributed by atoms with E-state index in [0.29, 0.717) is 5.41 Å². The van der Waals surface area contributed by atoms with Crippen LogP contribution in [-0.2, 0) is 4.74 Å². The molecule has 0 aromatic rings. The summed E-state index contributed by atoms with van der Waals surface area (Å²) in [6, 6.07) is 0. The van der Waals surface area contributed by atoms with Crippen molar-refractivity contribution in [3.63, 3.8) is 0 Å². The third-order valence-corrected chi connectivity index (χ3v) is 4.64. The molecule has 23 heavy (non-hydrogen) atoms. The number of unbranched alkanes of at least 4 members (excludes halogenated alkanes) is 13. The molecule has 0 amide bonds. The van der Waals surface area contributed by atoms with E-state index < -0.39 is 0 Å². The Hall–Kier alpha value is -0.0400. The van der Waals surface area contributed by atoms with Crippen LogP contribution in [0.25, 0.3) is 0 Å². The maximum Gasteiger partial charge on any atom is 0.0471 e. The van der Waals surface area contributed by atoms with Gasteiger partial charge in [0, 0.05) is 13.2 Å². The van der Waals surface area contributed by atoms with E-state index in [1.807, 2.05) is 0 Å². The molecule has 0 fully saturated rings. The van der Waals surface area contributed by atoms with E-state index in [0.717, 1.165) is 13.2 Å². The first kappa shape index (κ1) is 23.0. The minimum atomic E-state index is 0.412. The van der Waals surface area contributed by atoms with Crippen molar-refractivity contribution < 1.29 is 4.74 Å². The van der Waals surface area contributed by atoms with E-state index >= 15 is 0 Å². The van der Waals surface area contributed by atoms with Gasteiger partial charge in [0.15, 0.2) is 0 Å². The molecule has 0 aliphatic carbocycles. The Labute approximate surface area is 148 Å². The first-order valence-electron chi connectivity index (χ1n) is 10.6. The van der Waals surface area contributed by atoms with E-state index in [-0.39, 0.29) is 0 Å². The molecule has 0 heterocycles. The second-order valence-electron chi connectivity index (χ2n) is 8.52. The van der Waals surface area contributed by atoms with Gasteiger partial charge < -0.3 is 4.74 Å². The summed E-state index contributed by atoms with van der Waals surface area (Å²) in [6.45, 7) is 11.0. The Bertz CT molecular complexity index is 217. The Kier molecular flexibility index (Phi) is 16.8. The predicted octanol–water partition coefficient (Wildman–Crippen LogP) is 7.92.